The van der Waals surface area contributed by atoms with E-state index >= 15 is 0 Å². The molecule has 0 saturated carbocycles. The molecule has 0 aromatic heterocycles. The Morgan fingerprint density at radius 2 is 2.13 bits per heavy atom. The summed E-state index contributed by atoms with van der Waals surface area (Å²) >= 11 is 0. The minimum atomic E-state index is -0.452. The van der Waals surface area contributed by atoms with E-state index in [0.29, 0.717) is 19.0 Å². The van der Waals surface area contributed by atoms with Crippen molar-refractivity contribution in [3.63, 3.8) is 0 Å². The van der Waals surface area contributed by atoms with Gasteiger partial charge in [0.1, 0.15) is 13.2 Å². The molecule has 1 aromatic carbocycles. The maximum atomic E-state index is 9.94. The molecule has 2 rings (SSSR count). The molecule has 0 spiro atoms. The van der Waals surface area contributed by atoms with Gasteiger partial charge in [0.05, 0.1) is 6.10 Å². The first-order valence-electron chi connectivity index (χ1n) is 5.39. The molecule has 3 nitrogen and oxygen atoms in total. The SMILES string of the molecule is CCCC(O)c1cccc2c1OCCO2. The van der Waals surface area contributed by atoms with Gasteiger partial charge < -0.3 is 14.6 Å². The summed E-state index contributed by atoms with van der Waals surface area (Å²) in [6, 6.07) is 5.66. The summed E-state index contributed by atoms with van der Waals surface area (Å²) in [4.78, 5) is 0. The fourth-order valence-electron chi connectivity index (χ4n) is 1.79. The quantitative estimate of drug-likeness (QED) is 0.828. The van der Waals surface area contributed by atoms with Crippen LogP contribution in [0.5, 0.6) is 11.5 Å². The Bertz CT molecular complexity index is 336. The Morgan fingerprint density at radius 3 is 2.93 bits per heavy atom. The largest absolute Gasteiger partial charge is 0.486 e. The van der Waals surface area contributed by atoms with E-state index in [1.54, 1.807) is 0 Å². The van der Waals surface area contributed by atoms with E-state index in [1.807, 2.05) is 18.2 Å². The van der Waals surface area contributed by atoms with Crippen molar-refractivity contribution in [2.75, 3.05) is 13.2 Å². The van der Waals surface area contributed by atoms with Crippen LogP contribution in [-0.2, 0) is 0 Å². The minimum absolute atomic E-state index is 0.452. The maximum Gasteiger partial charge on any atom is 0.167 e. The number of para-hydroxylation sites is 1. The molecule has 1 aliphatic heterocycles. The maximum absolute atomic E-state index is 9.94. The van der Waals surface area contributed by atoms with E-state index in [0.717, 1.165) is 24.2 Å². The lowest BCUT2D eigenvalue weighted by Crippen LogP contribution is -2.17. The van der Waals surface area contributed by atoms with Gasteiger partial charge in [-0.05, 0) is 12.5 Å². The summed E-state index contributed by atoms with van der Waals surface area (Å²) in [6.45, 7) is 3.19. The van der Waals surface area contributed by atoms with Gasteiger partial charge in [-0.2, -0.15) is 0 Å². The van der Waals surface area contributed by atoms with Crippen molar-refractivity contribution < 1.29 is 14.6 Å². The second-order valence-electron chi connectivity index (χ2n) is 3.68. The Hall–Kier alpha value is -1.22. The lowest BCUT2D eigenvalue weighted by Gasteiger charge is -2.22. The van der Waals surface area contributed by atoms with Crippen molar-refractivity contribution in [2.45, 2.75) is 25.9 Å². The number of rotatable bonds is 3. The van der Waals surface area contributed by atoms with E-state index in [1.165, 1.54) is 0 Å². The van der Waals surface area contributed by atoms with Crippen LogP contribution in [0, 0.1) is 0 Å². The zero-order chi connectivity index (χ0) is 10.7. The number of fused-ring (bicyclic) bond motifs is 1. The summed E-state index contributed by atoms with van der Waals surface area (Å²) in [5.41, 5.74) is 0.842. The zero-order valence-corrected chi connectivity index (χ0v) is 8.90. The third-order valence-corrected chi connectivity index (χ3v) is 2.52. The van der Waals surface area contributed by atoms with Crippen LogP contribution in [0.3, 0.4) is 0 Å². The van der Waals surface area contributed by atoms with Gasteiger partial charge >= 0.3 is 0 Å². The highest BCUT2D eigenvalue weighted by Crippen LogP contribution is 2.37. The van der Waals surface area contributed by atoms with Gasteiger partial charge in [-0.25, -0.2) is 0 Å². The van der Waals surface area contributed by atoms with E-state index in [9.17, 15) is 5.11 Å². The number of aliphatic hydroxyl groups excluding tert-OH is 1. The van der Waals surface area contributed by atoms with Gasteiger partial charge in [-0.3, -0.25) is 0 Å². The molecular formula is C12H16O3. The summed E-state index contributed by atoms with van der Waals surface area (Å²) in [5.74, 6) is 1.46. The van der Waals surface area contributed by atoms with Crippen LogP contribution in [0.2, 0.25) is 0 Å². The van der Waals surface area contributed by atoms with Crippen LogP contribution in [-0.4, -0.2) is 18.3 Å². The van der Waals surface area contributed by atoms with Crippen molar-refractivity contribution in [1.29, 1.82) is 0 Å². The standard InChI is InChI=1S/C12H16O3/c1-2-4-10(13)9-5-3-6-11-12(9)15-8-7-14-11/h3,5-6,10,13H,2,4,7-8H2,1H3. The summed E-state index contributed by atoms with van der Waals surface area (Å²) in [6.07, 6.45) is 1.25. The number of hydrogen-bond acceptors (Lipinski definition) is 3. The topological polar surface area (TPSA) is 38.7 Å². The van der Waals surface area contributed by atoms with Crippen LogP contribution in [0.25, 0.3) is 0 Å². The van der Waals surface area contributed by atoms with Crippen LogP contribution in [0.4, 0.5) is 0 Å². The minimum Gasteiger partial charge on any atom is -0.486 e. The molecular weight excluding hydrogens is 192 g/mol. The van der Waals surface area contributed by atoms with E-state index in [4.69, 9.17) is 9.47 Å². The first kappa shape index (κ1) is 10.3. The molecule has 15 heavy (non-hydrogen) atoms. The monoisotopic (exact) mass is 208 g/mol. The third kappa shape index (κ3) is 2.07. The number of hydrogen-bond donors (Lipinski definition) is 1. The first-order chi connectivity index (χ1) is 7.33. The van der Waals surface area contributed by atoms with Crippen LogP contribution in [0.15, 0.2) is 18.2 Å². The Balaban J connectivity index is 2.30. The second-order valence-corrected chi connectivity index (χ2v) is 3.68. The summed E-state index contributed by atoms with van der Waals surface area (Å²) in [5, 5.41) is 9.94. The van der Waals surface area contributed by atoms with Gasteiger partial charge in [0, 0.05) is 5.56 Å². The molecule has 0 saturated heterocycles. The molecule has 0 fully saturated rings. The summed E-state index contributed by atoms with van der Waals surface area (Å²) in [7, 11) is 0. The number of aliphatic hydroxyl groups is 1. The van der Waals surface area contributed by atoms with Crippen LogP contribution < -0.4 is 9.47 Å². The Labute approximate surface area is 89.6 Å². The van der Waals surface area contributed by atoms with Gasteiger partial charge in [0.25, 0.3) is 0 Å². The fourth-order valence-corrected chi connectivity index (χ4v) is 1.79. The van der Waals surface area contributed by atoms with Crippen molar-refractivity contribution in [3.05, 3.63) is 23.8 Å². The molecule has 0 radical (unpaired) electrons. The third-order valence-electron chi connectivity index (χ3n) is 2.52. The predicted octanol–water partition coefficient (Wildman–Crippen LogP) is 2.29. The molecule has 1 aliphatic rings. The molecule has 1 atom stereocenters. The molecule has 1 N–H and O–H groups in total. The Morgan fingerprint density at radius 1 is 1.33 bits per heavy atom. The molecule has 3 heteroatoms. The van der Waals surface area contributed by atoms with E-state index in [-0.39, 0.29) is 0 Å². The van der Waals surface area contributed by atoms with Gasteiger partial charge in [-0.1, -0.05) is 25.5 Å². The van der Waals surface area contributed by atoms with Gasteiger partial charge in [0.15, 0.2) is 11.5 Å². The smallest absolute Gasteiger partial charge is 0.167 e. The molecule has 1 aromatic rings. The van der Waals surface area contributed by atoms with E-state index < -0.39 is 6.10 Å². The highest BCUT2D eigenvalue weighted by atomic mass is 16.6. The second kappa shape index (κ2) is 4.53. The average molecular weight is 208 g/mol. The molecule has 0 amide bonds. The molecule has 1 unspecified atom stereocenters. The molecule has 0 bridgehead atoms. The van der Waals surface area contributed by atoms with Gasteiger partial charge in [0.2, 0.25) is 0 Å². The predicted molar refractivity (Wildman–Crippen MR) is 57.3 cm³/mol. The lowest BCUT2D eigenvalue weighted by atomic mass is 10.0. The molecule has 1 heterocycles. The van der Waals surface area contributed by atoms with Crippen molar-refractivity contribution in [1.82, 2.24) is 0 Å². The molecule has 0 aliphatic carbocycles. The van der Waals surface area contributed by atoms with Crippen molar-refractivity contribution >= 4 is 0 Å². The highest BCUT2D eigenvalue weighted by molar-refractivity contribution is 5.48. The lowest BCUT2D eigenvalue weighted by molar-refractivity contribution is 0.140. The normalized spacial score (nSPS) is 16.1. The van der Waals surface area contributed by atoms with Gasteiger partial charge in [-0.15, -0.1) is 0 Å². The fraction of sp³-hybridized carbons (Fsp3) is 0.500. The summed E-state index contributed by atoms with van der Waals surface area (Å²) < 4.78 is 11.0. The van der Waals surface area contributed by atoms with Crippen LogP contribution in [0.1, 0.15) is 31.4 Å². The zero-order valence-electron chi connectivity index (χ0n) is 8.90. The number of ether oxygens (including phenoxy) is 2. The molecule has 82 valence electrons. The average Bonchev–Trinajstić information content (AvgIpc) is 2.28. The van der Waals surface area contributed by atoms with Crippen molar-refractivity contribution in [3.8, 4) is 11.5 Å². The van der Waals surface area contributed by atoms with Crippen LogP contribution >= 0.6 is 0 Å². The van der Waals surface area contributed by atoms with Crippen molar-refractivity contribution in [2.24, 2.45) is 0 Å². The Kier molecular flexibility index (Phi) is 3.11. The highest BCUT2D eigenvalue weighted by Gasteiger charge is 2.19. The first-order valence-corrected chi connectivity index (χ1v) is 5.39. The number of benzene rings is 1. The van der Waals surface area contributed by atoms with E-state index in [2.05, 4.69) is 6.92 Å².